The largest absolute Gasteiger partial charge is 0.503 e. The number of hydrazone groups is 1. The third-order valence-electron chi connectivity index (χ3n) is 5.31. The van der Waals surface area contributed by atoms with E-state index in [2.05, 4.69) is 26.5 Å². The second-order valence-electron chi connectivity index (χ2n) is 7.69. The average molecular weight is 643 g/mol. The smallest absolute Gasteiger partial charge is 0.265 e. The summed E-state index contributed by atoms with van der Waals surface area (Å²) in [5.41, 5.74) is 2.83. The molecule has 0 unspecified atom stereocenters. The number of aromatic hydroxyl groups is 1. The molecule has 3 rings (SSSR count). The minimum absolute atomic E-state index is 0.0334. The molecule has 0 fully saturated rings. The van der Waals surface area contributed by atoms with Crippen LogP contribution in [0, 0.1) is 0 Å². The molecule has 0 bridgehead atoms. The number of methoxy groups -OCH3 is 4. The predicted octanol–water partition coefficient (Wildman–Crippen LogP) is 4.19. The van der Waals surface area contributed by atoms with Crippen LogP contribution in [0.3, 0.4) is 0 Å². The first kappa shape index (κ1) is 29.9. The van der Waals surface area contributed by atoms with E-state index in [0.29, 0.717) is 15.8 Å². The molecule has 3 aromatic rings. The Kier molecular flexibility index (Phi) is 9.89. The van der Waals surface area contributed by atoms with E-state index in [9.17, 15) is 18.3 Å². The lowest BCUT2D eigenvalue weighted by molar-refractivity contribution is -0.119. The van der Waals surface area contributed by atoms with Crippen LogP contribution in [0.15, 0.2) is 63.0 Å². The second-order valence-corrected chi connectivity index (χ2v) is 10.8. The lowest BCUT2D eigenvalue weighted by atomic mass is 10.2. The van der Waals surface area contributed by atoms with E-state index >= 15 is 0 Å². The fourth-order valence-corrected chi connectivity index (χ4v) is 5.50. The lowest BCUT2D eigenvalue weighted by Gasteiger charge is -2.25. The third-order valence-corrected chi connectivity index (χ3v) is 7.91. The summed E-state index contributed by atoms with van der Waals surface area (Å²) in [5.74, 6) is 0.0134. The van der Waals surface area contributed by atoms with Crippen molar-refractivity contribution in [2.24, 2.45) is 5.10 Å². The molecule has 2 N–H and O–H groups in total. The fourth-order valence-electron chi connectivity index (χ4n) is 3.43. The van der Waals surface area contributed by atoms with Gasteiger partial charge in [-0.1, -0.05) is 11.6 Å². The highest BCUT2D eigenvalue weighted by atomic mass is 79.9. The van der Waals surface area contributed by atoms with E-state index < -0.39 is 22.5 Å². The highest BCUT2D eigenvalue weighted by molar-refractivity contribution is 9.10. The van der Waals surface area contributed by atoms with Crippen LogP contribution in [0.4, 0.5) is 5.69 Å². The fraction of sp³-hybridized carbons (Fsp3) is 0.200. The average Bonchev–Trinajstić information content (AvgIpc) is 2.92. The maximum atomic E-state index is 13.8. The number of rotatable bonds is 11. The summed E-state index contributed by atoms with van der Waals surface area (Å²) >= 11 is 9.38. The molecule has 0 heterocycles. The van der Waals surface area contributed by atoms with E-state index in [1.165, 1.54) is 77.1 Å². The van der Waals surface area contributed by atoms with Gasteiger partial charge in [0.25, 0.3) is 15.9 Å². The Morgan fingerprint density at radius 1 is 0.974 bits per heavy atom. The Morgan fingerprint density at radius 3 is 2.26 bits per heavy atom. The van der Waals surface area contributed by atoms with Crippen LogP contribution < -0.4 is 28.7 Å². The van der Waals surface area contributed by atoms with Crippen LogP contribution in [0.1, 0.15) is 5.56 Å². The van der Waals surface area contributed by atoms with Crippen molar-refractivity contribution in [1.82, 2.24) is 5.43 Å². The van der Waals surface area contributed by atoms with Crippen LogP contribution in [0.5, 0.6) is 28.7 Å². The Bertz CT molecular complexity index is 1500. The van der Waals surface area contributed by atoms with Gasteiger partial charge in [0.05, 0.1) is 49.7 Å². The Hall–Kier alpha value is -3.68. The molecule has 0 aliphatic rings. The van der Waals surface area contributed by atoms with Gasteiger partial charge in [0, 0.05) is 11.1 Å². The molecule has 0 aliphatic heterocycles. The van der Waals surface area contributed by atoms with Gasteiger partial charge in [-0.3, -0.25) is 9.10 Å². The van der Waals surface area contributed by atoms with Gasteiger partial charge in [-0.05, 0) is 64.0 Å². The van der Waals surface area contributed by atoms with Gasteiger partial charge in [-0.25, -0.2) is 13.8 Å². The van der Waals surface area contributed by atoms with Crippen molar-refractivity contribution < 1.29 is 37.3 Å². The van der Waals surface area contributed by atoms with Crippen molar-refractivity contribution in [3.05, 3.63) is 63.6 Å². The SMILES string of the molecule is COc1ccc(S(=O)(=O)N(CC(=O)N/N=C\c2cc(Br)c(O)c(OC)c2)c2cc(Cl)ccc2OC)cc1OC. The number of nitrogens with one attached hydrogen (secondary N) is 1. The molecular formula is C25H25BrClN3O8S. The van der Waals surface area contributed by atoms with E-state index in [-0.39, 0.29) is 38.6 Å². The molecule has 0 atom stereocenters. The number of halogens is 2. The lowest BCUT2D eigenvalue weighted by Crippen LogP contribution is -2.39. The predicted molar refractivity (Wildman–Crippen MR) is 150 cm³/mol. The molecule has 0 saturated heterocycles. The number of sulfonamides is 1. The Labute approximate surface area is 239 Å². The number of phenols is 1. The molecule has 39 heavy (non-hydrogen) atoms. The summed E-state index contributed by atoms with van der Waals surface area (Å²) in [6, 6.07) is 11.5. The molecule has 11 nitrogen and oxygen atoms in total. The number of hydrogen-bond acceptors (Lipinski definition) is 9. The number of hydrogen-bond donors (Lipinski definition) is 2. The van der Waals surface area contributed by atoms with E-state index in [4.69, 9.17) is 30.5 Å². The maximum absolute atomic E-state index is 13.8. The van der Waals surface area contributed by atoms with Crippen LogP contribution in [0.25, 0.3) is 0 Å². The standard InChI is InChI=1S/C25H25BrClN3O8S/c1-35-20-7-5-16(27)11-19(20)30(39(33,34)17-6-8-21(36-2)22(12-17)37-3)14-24(31)29-28-13-15-9-18(26)25(32)23(10-15)38-4/h5-13,32H,14H2,1-4H3,(H,29,31)/b28-13-. The summed E-state index contributed by atoms with van der Waals surface area (Å²) in [4.78, 5) is 12.8. The van der Waals surface area contributed by atoms with Gasteiger partial charge in [0.1, 0.15) is 12.3 Å². The summed E-state index contributed by atoms with van der Waals surface area (Å²) in [6.45, 7) is -0.673. The molecule has 3 aromatic carbocycles. The number of amides is 1. The molecule has 208 valence electrons. The third kappa shape index (κ3) is 6.85. The van der Waals surface area contributed by atoms with Gasteiger partial charge >= 0.3 is 0 Å². The van der Waals surface area contributed by atoms with Crippen LogP contribution in [-0.4, -0.2) is 60.6 Å². The quantitative estimate of drug-likeness (QED) is 0.235. The minimum Gasteiger partial charge on any atom is -0.503 e. The second kappa shape index (κ2) is 12.9. The monoisotopic (exact) mass is 641 g/mol. The van der Waals surface area contributed by atoms with Crippen molar-refractivity contribution in [3.8, 4) is 28.7 Å². The van der Waals surface area contributed by atoms with Gasteiger partial charge in [-0.2, -0.15) is 5.10 Å². The summed E-state index contributed by atoms with van der Waals surface area (Å²) in [6.07, 6.45) is 1.30. The highest BCUT2D eigenvalue weighted by Crippen LogP contribution is 2.37. The van der Waals surface area contributed by atoms with E-state index in [1.54, 1.807) is 6.07 Å². The molecule has 14 heteroatoms. The number of carbonyl (C=O) groups is 1. The van der Waals surface area contributed by atoms with E-state index in [0.717, 1.165) is 4.31 Å². The normalized spacial score (nSPS) is 11.2. The van der Waals surface area contributed by atoms with Crippen LogP contribution in [-0.2, 0) is 14.8 Å². The zero-order valence-electron chi connectivity index (χ0n) is 21.3. The first-order valence-corrected chi connectivity index (χ1v) is 13.6. The van der Waals surface area contributed by atoms with Crippen molar-refractivity contribution in [2.45, 2.75) is 4.90 Å². The van der Waals surface area contributed by atoms with Gasteiger partial charge in [0.15, 0.2) is 23.0 Å². The van der Waals surface area contributed by atoms with Crippen LogP contribution in [0.2, 0.25) is 5.02 Å². The number of phenolic OH excluding ortho intramolecular Hbond substituents is 1. The number of carbonyl (C=O) groups excluding carboxylic acids is 1. The number of anilines is 1. The Balaban J connectivity index is 1.97. The highest BCUT2D eigenvalue weighted by Gasteiger charge is 2.30. The number of nitrogens with zero attached hydrogens (tertiary/aromatic N) is 2. The first-order valence-electron chi connectivity index (χ1n) is 11.0. The zero-order chi connectivity index (χ0) is 28.7. The molecular weight excluding hydrogens is 618 g/mol. The van der Waals surface area contributed by atoms with Crippen LogP contribution >= 0.6 is 27.5 Å². The molecule has 0 spiro atoms. The summed E-state index contributed by atoms with van der Waals surface area (Å²) in [7, 11) is 1.20. The van der Waals surface area contributed by atoms with Crippen molar-refractivity contribution in [2.75, 3.05) is 39.3 Å². The minimum atomic E-state index is -4.36. The Morgan fingerprint density at radius 2 is 1.62 bits per heavy atom. The van der Waals surface area contributed by atoms with Crippen molar-refractivity contribution >= 4 is 55.4 Å². The summed E-state index contributed by atoms with van der Waals surface area (Å²) in [5, 5.41) is 14.1. The number of ether oxygens (including phenoxy) is 4. The molecule has 1 amide bonds. The van der Waals surface area contributed by atoms with Gasteiger partial charge < -0.3 is 24.1 Å². The molecule has 0 saturated carbocycles. The van der Waals surface area contributed by atoms with Gasteiger partial charge in [0.2, 0.25) is 0 Å². The molecule has 0 aliphatic carbocycles. The first-order chi connectivity index (χ1) is 18.5. The van der Waals surface area contributed by atoms with Crippen molar-refractivity contribution in [1.29, 1.82) is 0 Å². The maximum Gasteiger partial charge on any atom is 0.265 e. The molecule has 0 aromatic heterocycles. The summed E-state index contributed by atoms with van der Waals surface area (Å²) < 4.78 is 49.7. The van der Waals surface area contributed by atoms with E-state index in [1.807, 2.05) is 0 Å². The van der Waals surface area contributed by atoms with Gasteiger partial charge in [-0.15, -0.1) is 0 Å². The number of benzene rings is 3. The topological polar surface area (TPSA) is 136 Å². The zero-order valence-corrected chi connectivity index (χ0v) is 24.4. The molecule has 0 radical (unpaired) electrons. The van der Waals surface area contributed by atoms with Crippen molar-refractivity contribution in [3.63, 3.8) is 0 Å².